The summed E-state index contributed by atoms with van der Waals surface area (Å²) in [6.07, 6.45) is 4.98. The van der Waals surface area contributed by atoms with Gasteiger partial charge in [-0.2, -0.15) is 4.31 Å². The highest BCUT2D eigenvalue weighted by Crippen LogP contribution is 2.22. The van der Waals surface area contributed by atoms with E-state index < -0.39 is 10.0 Å². The van der Waals surface area contributed by atoms with E-state index in [2.05, 4.69) is 13.8 Å². The standard InChI is InChI=1S/C19H28N4O2S2/c1-4-16(2)17-5-7-18(8-6-17)27(24,25)23-13-10-21(11-14-23)15-22-12-9-20(3)19(22)26/h5-9,12,16H,4,10-11,13-15H2,1-3H3/p+1/t16-/m1/s1. The van der Waals surface area contributed by atoms with Gasteiger partial charge in [0.1, 0.15) is 0 Å². The van der Waals surface area contributed by atoms with Crippen molar-refractivity contribution in [3.63, 3.8) is 0 Å². The molecule has 2 heterocycles. The van der Waals surface area contributed by atoms with Crippen molar-refractivity contribution in [3.05, 3.63) is 47.0 Å². The molecule has 1 atom stereocenters. The van der Waals surface area contributed by atoms with Crippen molar-refractivity contribution in [2.24, 2.45) is 7.05 Å². The highest BCUT2D eigenvalue weighted by molar-refractivity contribution is 7.89. The normalized spacial score (nSPS) is 17.9. The van der Waals surface area contributed by atoms with Crippen LogP contribution in [0.2, 0.25) is 0 Å². The summed E-state index contributed by atoms with van der Waals surface area (Å²) in [5.74, 6) is 0.443. The van der Waals surface area contributed by atoms with Gasteiger partial charge in [0, 0.05) is 19.4 Å². The van der Waals surface area contributed by atoms with Crippen molar-refractivity contribution in [2.75, 3.05) is 26.2 Å². The van der Waals surface area contributed by atoms with Gasteiger partial charge in [0.25, 0.3) is 0 Å². The largest absolute Gasteiger partial charge is 0.327 e. The third-order valence-electron chi connectivity index (χ3n) is 5.54. The molecule has 0 bridgehead atoms. The Bertz CT molecular complexity index is 923. The van der Waals surface area contributed by atoms with Crippen LogP contribution in [0.15, 0.2) is 41.6 Å². The molecule has 3 rings (SSSR count). The third-order valence-corrected chi connectivity index (χ3v) is 7.98. The van der Waals surface area contributed by atoms with Gasteiger partial charge in [-0.25, -0.2) is 8.42 Å². The summed E-state index contributed by atoms with van der Waals surface area (Å²) in [5, 5.41) is 0. The number of piperazine rings is 1. The van der Waals surface area contributed by atoms with Crippen molar-refractivity contribution >= 4 is 22.2 Å². The van der Waals surface area contributed by atoms with Crippen LogP contribution in [0.1, 0.15) is 31.7 Å². The van der Waals surface area contributed by atoms with E-state index in [1.54, 1.807) is 16.4 Å². The third kappa shape index (κ3) is 4.34. The van der Waals surface area contributed by atoms with E-state index in [0.29, 0.717) is 23.9 Å². The summed E-state index contributed by atoms with van der Waals surface area (Å²) < 4.78 is 32.3. The number of hydrogen-bond acceptors (Lipinski definition) is 3. The van der Waals surface area contributed by atoms with E-state index in [1.165, 1.54) is 10.5 Å². The van der Waals surface area contributed by atoms with Crippen LogP contribution in [0.5, 0.6) is 0 Å². The van der Waals surface area contributed by atoms with Gasteiger partial charge in [0.2, 0.25) is 10.0 Å². The average molecular weight is 410 g/mol. The van der Waals surface area contributed by atoms with Gasteiger partial charge in [0.15, 0.2) is 11.4 Å². The second kappa shape index (κ2) is 8.26. The van der Waals surface area contributed by atoms with Gasteiger partial charge in [-0.1, -0.05) is 26.0 Å². The Kier molecular flexibility index (Phi) is 6.20. The lowest BCUT2D eigenvalue weighted by Crippen LogP contribution is -3.14. The van der Waals surface area contributed by atoms with E-state index >= 15 is 0 Å². The maximum atomic E-state index is 13.0. The van der Waals surface area contributed by atoms with E-state index in [1.807, 2.05) is 40.7 Å². The molecule has 0 amide bonds. The summed E-state index contributed by atoms with van der Waals surface area (Å²) in [6, 6.07) is 7.39. The molecule has 1 N–H and O–H groups in total. The van der Waals surface area contributed by atoms with E-state index in [9.17, 15) is 8.42 Å². The minimum atomic E-state index is -3.42. The van der Waals surface area contributed by atoms with Gasteiger partial charge in [-0.05, 0) is 42.3 Å². The van der Waals surface area contributed by atoms with Crippen molar-refractivity contribution < 1.29 is 13.3 Å². The molecule has 6 nitrogen and oxygen atoms in total. The van der Waals surface area contributed by atoms with Crippen molar-refractivity contribution in [1.29, 1.82) is 0 Å². The topological polar surface area (TPSA) is 51.7 Å². The second-order valence-electron chi connectivity index (χ2n) is 7.35. The van der Waals surface area contributed by atoms with Gasteiger partial charge < -0.3 is 9.47 Å². The smallest absolute Gasteiger partial charge is 0.243 e. The molecule has 0 radical (unpaired) electrons. The van der Waals surface area contributed by atoms with Crippen LogP contribution in [-0.2, 0) is 23.7 Å². The lowest BCUT2D eigenvalue weighted by atomic mass is 9.99. The minimum absolute atomic E-state index is 0.392. The van der Waals surface area contributed by atoms with E-state index in [0.717, 1.165) is 31.0 Å². The van der Waals surface area contributed by atoms with Gasteiger partial charge >= 0.3 is 0 Å². The number of nitrogens with zero attached hydrogens (tertiary/aromatic N) is 3. The molecular formula is C19H29N4O2S2+. The summed E-state index contributed by atoms with van der Waals surface area (Å²) in [6.45, 7) is 7.69. The Labute approximate surface area is 167 Å². The van der Waals surface area contributed by atoms with Crippen LogP contribution in [0.3, 0.4) is 0 Å². The van der Waals surface area contributed by atoms with Gasteiger partial charge in [-0.3, -0.25) is 4.57 Å². The maximum absolute atomic E-state index is 13.0. The summed E-state index contributed by atoms with van der Waals surface area (Å²) in [5.41, 5.74) is 1.19. The number of aromatic nitrogens is 2. The molecule has 27 heavy (non-hydrogen) atoms. The predicted octanol–water partition coefficient (Wildman–Crippen LogP) is 1.62. The first-order valence-electron chi connectivity index (χ1n) is 9.48. The predicted molar refractivity (Wildman–Crippen MR) is 109 cm³/mol. The van der Waals surface area contributed by atoms with E-state index in [-0.39, 0.29) is 0 Å². The number of sulfonamides is 1. The van der Waals surface area contributed by atoms with Crippen LogP contribution in [0.4, 0.5) is 0 Å². The lowest BCUT2D eigenvalue weighted by molar-refractivity contribution is -0.926. The Morgan fingerprint density at radius 2 is 1.78 bits per heavy atom. The molecule has 1 fully saturated rings. The quantitative estimate of drug-likeness (QED) is 0.738. The Balaban J connectivity index is 1.64. The van der Waals surface area contributed by atoms with Crippen LogP contribution < -0.4 is 4.90 Å². The minimum Gasteiger partial charge on any atom is -0.327 e. The fourth-order valence-electron chi connectivity index (χ4n) is 3.43. The molecule has 1 saturated heterocycles. The first kappa shape index (κ1) is 20.3. The summed E-state index contributed by atoms with van der Waals surface area (Å²) >= 11 is 5.39. The number of aryl methyl sites for hydroxylation is 1. The summed E-state index contributed by atoms with van der Waals surface area (Å²) in [4.78, 5) is 1.74. The number of quaternary nitrogens is 1. The molecule has 0 aliphatic carbocycles. The molecule has 0 spiro atoms. The number of hydrogen-bond donors (Lipinski definition) is 1. The van der Waals surface area contributed by atoms with Crippen molar-refractivity contribution in [1.82, 2.24) is 13.4 Å². The zero-order valence-corrected chi connectivity index (χ0v) is 17.9. The molecule has 0 unspecified atom stereocenters. The van der Waals surface area contributed by atoms with Crippen LogP contribution in [0, 0.1) is 4.77 Å². The highest BCUT2D eigenvalue weighted by Gasteiger charge is 2.30. The molecule has 1 aliphatic rings. The van der Waals surface area contributed by atoms with Gasteiger partial charge in [0.05, 0.1) is 31.1 Å². The lowest BCUT2D eigenvalue weighted by Gasteiger charge is -2.31. The molecule has 0 saturated carbocycles. The van der Waals surface area contributed by atoms with Gasteiger partial charge in [-0.15, -0.1) is 0 Å². The van der Waals surface area contributed by atoms with Crippen LogP contribution in [-0.4, -0.2) is 48.0 Å². The van der Waals surface area contributed by atoms with Crippen LogP contribution in [0.25, 0.3) is 0 Å². The zero-order chi connectivity index (χ0) is 19.6. The molecule has 1 aromatic heterocycles. The molecule has 1 aliphatic heterocycles. The second-order valence-corrected chi connectivity index (χ2v) is 9.66. The summed E-state index contributed by atoms with van der Waals surface area (Å²) in [7, 11) is -1.49. The molecule has 1 aromatic carbocycles. The molecule has 148 valence electrons. The fraction of sp³-hybridized carbons (Fsp3) is 0.526. The van der Waals surface area contributed by atoms with Crippen molar-refractivity contribution in [3.8, 4) is 0 Å². The SMILES string of the molecule is CC[C@@H](C)c1ccc(S(=O)(=O)N2CC[NH+](Cn3ccn(C)c3=S)CC2)cc1. The number of imidazole rings is 1. The Hall–Kier alpha value is -1.48. The molecular weight excluding hydrogens is 380 g/mol. The Morgan fingerprint density at radius 3 is 2.30 bits per heavy atom. The first-order chi connectivity index (χ1) is 12.8. The fourth-order valence-corrected chi connectivity index (χ4v) is 5.05. The maximum Gasteiger partial charge on any atom is 0.243 e. The number of rotatable bonds is 6. The van der Waals surface area contributed by atoms with E-state index in [4.69, 9.17) is 12.2 Å². The number of nitrogens with one attached hydrogen (secondary N) is 1. The monoisotopic (exact) mass is 409 g/mol. The number of benzene rings is 1. The Morgan fingerprint density at radius 1 is 1.15 bits per heavy atom. The molecule has 8 heteroatoms. The van der Waals surface area contributed by atoms with Crippen LogP contribution >= 0.6 is 12.2 Å². The zero-order valence-electron chi connectivity index (χ0n) is 16.3. The highest BCUT2D eigenvalue weighted by atomic mass is 32.2. The average Bonchev–Trinajstić information content (AvgIpc) is 3.00. The van der Waals surface area contributed by atoms with Crippen molar-refractivity contribution in [2.45, 2.75) is 37.8 Å². The molecule has 2 aromatic rings. The first-order valence-corrected chi connectivity index (χ1v) is 11.3.